The fraction of sp³-hybridized carbons (Fsp3) is 0.478. The molecule has 2 heterocycles. The number of morpholine rings is 1. The molecule has 0 amide bonds. The lowest BCUT2D eigenvalue weighted by atomic mass is 10.1. The Bertz CT molecular complexity index is 794. The van der Waals surface area contributed by atoms with Crippen LogP contribution in [-0.2, 0) is 17.7 Å². The normalized spacial score (nSPS) is 14.7. The van der Waals surface area contributed by atoms with Gasteiger partial charge in [-0.3, -0.25) is 0 Å². The number of guanidine groups is 1. The number of nitrogens with zero attached hydrogens (tertiary/aromatic N) is 3. The molecule has 0 unspecified atom stereocenters. The Morgan fingerprint density at radius 1 is 1.14 bits per heavy atom. The fourth-order valence-electron chi connectivity index (χ4n) is 3.66. The van der Waals surface area contributed by atoms with E-state index < -0.39 is 0 Å². The van der Waals surface area contributed by atoms with Gasteiger partial charge in [0, 0.05) is 37.9 Å². The lowest BCUT2D eigenvalue weighted by Gasteiger charge is -2.29. The molecule has 0 radical (unpaired) electrons. The van der Waals surface area contributed by atoms with Crippen LogP contribution < -0.4 is 15.5 Å². The first-order valence-electron chi connectivity index (χ1n) is 10.5. The Balaban J connectivity index is 1.62. The van der Waals surface area contributed by atoms with Crippen molar-refractivity contribution in [1.82, 2.24) is 15.6 Å². The molecular weight excluding hydrogens is 362 g/mol. The highest BCUT2D eigenvalue weighted by Gasteiger charge is 2.15. The molecule has 6 nitrogen and oxygen atoms in total. The Morgan fingerprint density at radius 2 is 1.90 bits per heavy atom. The summed E-state index contributed by atoms with van der Waals surface area (Å²) in [5, 5.41) is 6.81. The van der Waals surface area contributed by atoms with E-state index in [0.29, 0.717) is 6.54 Å². The van der Waals surface area contributed by atoms with Crippen LogP contribution in [0, 0.1) is 13.8 Å². The maximum Gasteiger partial charge on any atom is 0.191 e. The Kier molecular flexibility index (Phi) is 7.87. The number of hydrogen-bond acceptors (Lipinski definition) is 4. The van der Waals surface area contributed by atoms with E-state index in [9.17, 15) is 0 Å². The average Bonchev–Trinajstić information content (AvgIpc) is 2.72. The minimum Gasteiger partial charge on any atom is -0.378 e. The minimum absolute atomic E-state index is 0.597. The minimum atomic E-state index is 0.597. The average molecular weight is 396 g/mol. The summed E-state index contributed by atoms with van der Waals surface area (Å²) in [5.41, 5.74) is 5.12. The topological polar surface area (TPSA) is 61.8 Å². The summed E-state index contributed by atoms with van der Waals surface area (Å²) in [7, 11) is 0. The van der Waals surface area contributed by atoms with Gasteiger partial charge in [0.05, 0.1) is 19.8 Å². The SMILES string of the molecule is CCNC(=NCc1cccnc1N1CCOCC1)NCCc1cc(C)cc(C)c1. The van der Waals surface area contributed by atoms with Crippen molar-refractivity contribution in [1.29, 1.82) is 0 Å². The summed E-state index contributed by atoms with van der Waals surface area (Å²) in [5.74, 6) is 1.86. The second-order valence-electron chi connectivity index (χ2n) is 7.45. The van der Waals surface area contributed by atoms with Crippen LogP contribution in [0.2, 0.25) is 0 Å². The second kappa shape index (κ2) is 10.8. The summed E-state index contributed by atoms with van der Waals surface area (Å²) in [6, 6.07) is 10.8. The third-order valence-corrected chi connectivity index (χ3v) is 4.92. The number of aromatic nitrogens is 1. The monoisotopic (exact) mass is 395 g/mol. The zero-order valence-corrected chi connectivity index (χ0v) is 17.9. The highest BCUT2D eigenvalue weighted by Crippen LogP contribution is 2.19. The van der Waals surface area contributed by atoms with Gasteiger partial charge in [0.1, 0.15) is 5.82 Å². The van der Waals surface area contributed by atoms with Gasteiger partial charge in [-0.25, -0.2) is 9.98 Å². The number of nitrogens with one attached hydrogen (secondary N) is 2. The highest BCUT2D eigenvalue weighted by atomic mass is 16.5. The molecule has 1 aliphatic rings. The van der Waals surface area contributed by atoms with Crippen molar-refractivity contribution < 1.29 is 4.74 Å². The zero-order chi connectivity index (χ0) is 20.5. The van der Waals surface area contributed by atoms with Crippen molar-refractivity contribution in [3.8, 4) is 0 Å². The molecule has 0 aliphatic carbocycles. The van der Waals surface area contributed by atoms with E-state index in [0.717, 1.165) is 63.2 Å². The summed E-state index contributed by atoms with van der Waals surface area (Å²) in [6.07, 6.45) is 2.82. The number of anilines is 1. The molecule has 1 saturated heterocycles. The standard InChI is InChI=1S/C23H33N5O/c1-4-24-23(26-9-7-20-15-18(2)14-19(3)16-20)27-17-21-6-5-8-25-22(21)28-10-12-29-13-11-28/h5-6,8,14-16H,4,7,9-13,17H2,1-3H3,(H2,24,26,27). The van der Waals surface area contributed by atoms with E-state index in [1.807, 2.05) is 12.3 Å². The van der Waals surface area contributed by atoms with Crippen LogP contribution in [0.5, 0.6) is 0 Å². The van der Waals surface area contributed by atoms with Gasteiger partial charge in [-0.15, -0.1) is 0 Å². The molecule has 0 bridgehead atoms. The second-order valence-corrected chi connectivity index (χ2v) is 7.45. The van der Waals surface area contributed by atoms with Crippen LogP contribution in [0.4, 0.5) is 5.82 Å². The largest absolute Gasteiger partial charge is 0.378 e. The molecule has 2 aromatic rings. The van der Waals surface area contributed by atoms with Gasteiger partial charge in [-0.1, -0.05) is 35.4 Å². The van der Waals surface area contributed by atoms with E-state index in [1.165, 1.54) is 16.7 Å². The van der Waals surface area contributed by atoms with Crippen molar-refractivity contribution in [2.24, 2.45) is 4.99 Å². The maximum atomic E-state index is 5.47. The number of ether oxygens (including phenoxy) is 1. The molecule has 6 heteroatoms. The quantitative estimate of drug-likeness (QED) is 0.558. The van der Waals surface area contributed by atoms with Crippen molar-refractivity contribution >= 4 is 11.8 Å². The number of pyridine rings is 1. The molecule has 0 atom stereocenters. The first-order valence-corrected chi connectivity index (χ1v) is 10.5. The summed E-state index contributed by atoms with van der Waals surface area (Å²) < 4.78 is 5.47. The Labute approximate surface area is 174 Å². The van der Waals surface area contributed by atoms with Crippen LogP contribution in [0.15, 0.2) is 41.5 Å². The number of benzene rings is 1. The Morgan fingerprint density at radius 3 is 2.62 bits per heavy atom. The molecule has 156 valence electrons. The number of rotatable bonds is 7. The van der Waals surface area contributed by atoms with Crippen molar-refractivity contribution in [3.63, 3.8) is 0 Å². The smallest absolute Gasteiger partial charge is 0.191 e. The van der Waals surface area contributed by atoms with Gasteiger partial charge in [0.2, 0.25) is 0 Å². The lowest BCUT2D eigenvalue weighted by Crippen LogP contribution is -2.38. The molecule has 2 N–H and O–H groups in total. The molecule has 1 aliphatic heterocycles. The molecule has 0 spiro atoms. The van der Waals surface area contributed by atoms with Gasteiger partial charge >= 0.3 is 0 Å². The molecule has 1 fully saturated rings. The van der Waals surface area contributed by atoms with Crippen molar-refractivity contribution in [3.05, 3.63) is 58.8 Å². The summed E-state index contributed by atoms with van der Waals surface area (Å²) in [4.78, 5) is 11.7. The predicted molar refractivity (Wildman–Crippen MR) is 120 cm³/mol. The van der Waals surface area contributed by atoms with E-state index in [1.54, 1.807) is 0 Å². The molecular formula is C23H33N5O. The third kappa shape index (κ3) is 6.46. The number of aliphatic imine (C=N–C) groups is 1. The van der Waals surface area contributed by atoms with E-state index in [-0.39, 0.29) is 0 Å². The Hall–Kier alpha value is -2.60. The van der Waals surface area contributed by atoms with Gasteiger partial charge in [0.25, 0.3) is 0 Å². The van der Waals surface area contributed by atoms with Crippen LogP contribution in [0.3, 0.4) is 0 Å². The zero-order valence-electron chi connectivity index (χ0n) is 17.9. The van der Waals surface area contributed by atoms with Gasteiger partial charge < -0.3 is 20.3 Å². The molecule has 1 aromatic carbocycles. The van der Waals surface area contributed by atoms with Crippen LogP contribution in [0.1, 0.15) is 29.2 Å². The predicted octanol–water partition coefficient (Wildman–Crippen LogP) is 2.83. The molecule has 1 aromatic heterocycles. The van der Waals surface area contributed by atoms with Crippen molar-refractivity contribution in [2.75, 3.05) is 44.3 Å². The fourth-order valence-corrected chi connectivity index (χ4v) is 3.66. The summed E-state index contributed by atoms with van der Waals surface area (Å²) in [6.45, 7) is 11.9. The molecule has 29 heavy (non-hydrogen) atoms. The first kappa shape index (κ1) is 21.1. The van der Waals surface area contributed by atoms with E-state index in [4.69, 9.17) is 9.73 Å². The van der Waals surface area contributed by atoms with Gasteiger partial charge in [-0.2, -0.15) is 0 Å². The number of hydrogen-bond donors (Lipinski definition) is 2. The maximum absolute atomic E-state index is 5.47. The first-order chi connectivity index (χ1) is 14.2. The summed E-state index contributed by atoms with van der Waals surface area (Å²) >= 11 is 0. The molecule has 3 rings (SSSR count). The van der Waals surface area contributed by atoms with Crippen molar-refractivity contribution in [2.45, 2.75) is 33.7 Å². The van der Waals surface area contributed by atoms with Gasteiger partial charge in [0.15, 0.2) is 5.96 Å². The van der Waals surface area contributed by atoms with Crippen LogP contribution in [0.25, 0.3) is 0 Å². The third-order valence-electron chi connectivity index (χ3n) is 4.92. The highest BCUT2D eigenvalue weighted by molar-refractivity contribution is 5.79. The van der Waals surface area contributed by atoms with Gasteiger partial charge in [-0.05, 0) is 38.8 Å². The van der Waals surface area contributed by atoms with E-state index in [2.05, 4.69) is 65.6 Å². The lowest BCUT2D eigenvalue weighted by molar-refractivity contribution is 0.122. The van der Waals surface area contributed by atoms with Crippen LogP contribution in [-0.4, -0.2) is 50.3 Å². The number of aryl methyl sites for hydroxylation is 2. The van der Waals surface area contributed by atoms with E-state index >= 15 is 0 Å². The van der Waals surface area contributed by atoms with Crippen LogP contribution >= 0.6 is 0 Å². The molecule has 0 saturated carbocycles.